The van der Waals surface area contributed by atoms with Crippen molar-refractivity contribution in [2.24, 2.45) is 0 Å². The number of rotatable bonds is 3. The number of H-pyrrole nitrogens is 1. The lowest BCUT2D eigenvalue weighted by Crippen LogP contribution is -2.38. The first-order valence-electron chi connectivity index (χ1n) is 11.9. The Labute approximate surface area is 187 Å². The van der Waals surface area contributed by atoms with Gasteiger partial charge in [0.25, 0.3) is 5.91 Å². The van der Waals surface area contributed by atoms with Crippen LogP contribution in [0.2, 0.25) is 0 Å². The van der Waals surface area contributed by atoms with Crippen LogP contribution in [0.4, 0.5) is 0 Å². The Kier molecular flexibility index (Phi) is 4.74. The van der Waals surface area contributed by atoms with E-state index in [1.165, 1.54) is 36.9 Å². The molecule has 6 rings (SSSR count). The van der Waals surface area contributed by atoms with E-state index in [4.69, 9.17) is 10.1 Å². The molecule has 0 bridgehead atoms. The van der Waals surface area contributed by atoms with Crippen LogP contribution < -0.4 is 0 Å². The van der Waals surface area contributed by atoms with Gasteiger partial charge in [-0.2, -0.15) is 5.10 Å². The number of fused-ring (bicyclic) bond motifs is 2. The van der Waals surface area contributed by atoms with Crippen LogP contribution in [0.5, 0.6) is 0 Å². The molecule has 1 aliphatic carbocycles. The summed E-state index contributed by atoms with van der Waals surface area (Å²) in [4.78, 5) is 23.8. The average Bonchev–Trinajstić information content (AvgIpc) is 3.56. The van der Waals surface area contributed by atoms with E-state index in [1.54, 1.807) is 0 Å². The number of para-hydroxylation sites is 1. The van der Waals surface area contributed by atoms with E-state index in [2.05, 4.69) is 24.2 Å². The highest BCUT2D eigenvalue weighted by molar-refractivity contribution is 5.98. The topological polar surface area (TPSA) is 66.3 Å². The van der Waals surface area contributed by atoms with Gasteiger partial charge in [-0.3, -0.25) is 4.79 Å². The summed E-state index contributed by atoms with van der Waals surface area (Å²) in [6.07, 6.45) is 10.3. The molecule has 1 aromatic carbocycles. The first kappa shape index (κ1) is 19.5. The molecular formula is C26H29N5O. The van der Waals surface area contributed by atoms with Crippen molar-refractivity contribution in [3.05, 3.63) is 65.2 Å². The van der Waals surface area contributed by atoms with Crippen molar-refractivity contribution in [2.75, 3.05) is 6.54 Å². The molecule has 164 valence electrons. The minimum absolute atomic E-state index is 0.0143. The van der Waals surface area contributed by atoms with E-state index >= 15 is 0 Å². The number of piperidine rings is 1. The van der Waals surface area contributed by atoms with Gasteiger partial charge in [0.1, 0.15) is 5.69 Å². The Hall–Kier alpha value is -3.15. The van der Waals surface area contributed by atoms with Crippen molar-refractivity contribution in [1.82, 2.24) is 24.5 Å². The molecule has 1 aliphatic heterocycles. The normalized spacial score (nSPS) is 19.9. The van der Waals surface area contributed by atoms with Gasteiger partial charge in [-0.1, -0.05) is 31.0 Å². The van der Waals surface area contributed by atoms with Gasteiger partial charge >= 0.3 is 0 Å². The summed E-state index contributed by atoms with van der Waals surface area (Å²) in [6.45, 7) is 2.90. The average molecular weight is 428 g/mol. The standard InChI is InChI=1S/C26H29N5O/c1-17-16-31-24(28-25(17)18-8-2-3-9-18)15-21(29-31)23-12-6-7-13-30(23)26(32)22-14-19-10-4-5-11-20(19)27-22/h4-5,10-11,14-16,18,23,27H,2-3,6-9,12-13H2,1H3. The van der Waals surface area contributed by atoms with Crippen LogP contribution in [-0.4, -0.2) is 36.9 Å². The van der Waals surface area contributed by atoms with Crippen molar-refractivity contribution in [3.63, 3.8) is 0 Å². The molecule has 6 nitrogen and oxygen atoms in total. The summed E-state index contributed by atoms with van der Waals surface area (Å²) in [6, 6.07) is 12.1. The first-order chi connectivity index (χ1) is 15.7. The molecule has 1 saturated carbocycles. The van der Waals surface area contributed by atoms with E-state index in [0.29, 0.717) is 11.6 Å². The van der Waals surface area contributed by atoms with E-state index in [0.717, 1.165) is 48.1 Å². The van der Waals surface area contributed by atoms with Crippen LogP contribution in [0.3, 0.4) is 0 Å². The summed E-state index contributed by atoms with van der Waals surface area (Å²) in [5.41, 5.74) is 5.95. The van der Waals surface area contributed by atoms with Gasteiger partial charge in [0, 0.05) is 35.6 Å². The maximum absolute atomic E-state index is 13.5. The maximum Gasteiger partial charge on any atom is 0.270 e. The van der Waals surface area contributed by atoms with Crippen molar-refractivity contribution in [3.8, 4) is 0 Å². The molecule has 1 saturated heterocycles. The number of aromatic amines is 1. The minimum atomic E-state index is -0.0143. The summed E-state index contributed by atoms with van der Waals surface area (Å²) >= 11 is 0. The van der Waals surface area contributed by atoms with Crippen LogP contribution >= 0.6 is 0 Å². The Morgan fingerprint density at radius 3 is 2.72 bits per heavy atom. The van der Waals surface area contributed by atoms with Crippen molar-refractivity contribution < 1.29 is 4.79 Å². The summed E-state index contributed by atoms with van der Waals surface area (Å²) in [5.74, 6) is 0.631. The fourth-order valence-corrected chi connectivity index (χ4v) is 5.64. The second-order valence-electron chi connectivity index (χ2n) is 9.44. The third kappa shape index (κ3) is 3.29. The number of nitrogens with zero attached hydrogens (tertiary/aromatic N) is 4. The molecular weight excluding hydrogens is 398 g/mol. The van der Waals surface area contributed by atoms with E-state index in [-0.39, 0.29) is 11.9 Å². The Balaban J connectivity index is 1.34. The van der Waals surface area contributed by atoms with Gasteiger partial charge in [-0.25, -0.2) is 9.50 Å². The van der Waals surface area contributed by atoms with Gasteiger partial charge in [0.2, 0.25) is 0 Å². The van der Waals surface area contributed by atoms with Gasteiger partial charge in [-0.15, -0.1) is 0 Å². The Bertz CT molecular complexity index is 1260. The highest BCUT2D eigenvalue weighted by atomic mass is 16.2. The van der Waals surface area contributed by atoms with Crippen LogP contribution in [0.1, 0.15) is 84.3 Å². The molecule has 3 aromatic heterocycles. The quantitative estimate of drug-likeness (QED) is 0.466. The smallest absolute Gasteiger partial charge is 0.270 e. The molecule has 32 heavy (non-hydrogen) atoms. The first-order valence-corrected chi connectivity index (χ1v) is 11.9. The lowest BCUT2D eigenvalue weighted by Gasteiger charge is -2.34. The summed E-state index contributed by atoms with van der Waals surface area (Å²) in [5, 5.41) is 5.95. The van der Waals surface area contributed by atoms with Crippen LogP contribution in [0.15, 0.2) is 42.6 Å². The molecule has 2 fully saturated rings. The molecule has 0 radical (unpaired) electrons. The number of carbonyl (C=O) groups is 1. The lowest BCUT2D eigenvalue weighted by molar-refractivity contribution is 0.0600. The van der Waals surface area contributed by atoms with E-state index in [1.807, 2.05) is 39.7 Å². The monoisotopic (exact) mass is 427 g/mol. The maximum atomic E-state index is 13.5. The SMILES string of the molecule is Cc1cn2nc(C3CCCCN3C(=O)c3cc4ccccc4[nH]3)cc2nc1C1CCCC1. The van der Waals surface area contributed by atoms with Gasteiger partial charge in [0.15, 0.2) is 5.65 Å². The number of likely N-dealkylation sites (tertiary alicyclic amines) is 1. The summed E-state index contributed by atoms with van der Waals surface area (Å²) in [7, 11) is 0. The molecule has 1 atom stereocenters. The highest BCUT2D eigenvalue weighted by Gasteiger charge is 2.31. The van der Waals surface area contributed by atoms with Crippen molar-refractivity contribution in [2.45, 2.75) is 63.8 Å². The predicted octanol–water partition coefficient (Wildman–Crippen LogP) is 5.54. The molecule has 4 heterocycles. The molecule has 1 N–H and O–H groups in total. The molecule has 1 unspecified atom stereocenters. The molecule has 0 spiro atoms. The molecule has 4 aromatic rings. The van der Waals surface area contributed by atoms with Crippen molar-refractivity contribution in [1.29, 1.82) is 0 Å². The fraction of sp³-hybridized carbons (Fsp3) is 0.423. The number of aromatic nitrogens is 4. The lowest BCUT2D eigenvalue weighted by atomic mass is 9.98. The predicted molar refractivity (Wildman–Crippen MR) is 125 cm³/mol. The second kappa shape index (κ2) is 7.76. The minimum Gasteiger partial charge on any atom is -0.351 e. The number of hydrogen-bond acceptors (Lipinski definition) is 3. The number of hydrogen-bond donors (Lipinski definition) is 1. The third-order valence-electron chi connectivity index (χ3n) is 7.30. The van der Waals surface area contributed by atoms with Crippen LogP contribution in [0, 0.1) is 6.92 Å². The number of benzene rings is 1. The number of carbonyl (C=O) groups excluding carboxylic acids is 1. The van der Waals surface area contributed by atoms with Crippen molar-refractivity contribution >= 4 is 22.5 Å². The largest absolute Gasteiger partial charge is 0.351 e. The van der Waals surface area contributed by atoms with Crippen LogP contribution in [-0.2, 0) is 0 Å². The number of amides is 1. The zero-order chi connectivity index (χ0) is 21.7. The number of aryl methyl sites for hydroxylation is 1. The fourth-order valence-electron chi connectivity index (χ4n) is 5.64. The zero-order valence-corrected chi connectivity index (χ0v) is 18.6. The Morgan fingerprint density at radius 1 is 1.06 bits per heavy atom. The molecule has 6 heteroatoms. The van der Waals surface area contributed by atoms with Gasteiger partial charge in [-0.05, 0) is 56.7 Å². The van der Waals surface area contributed by atoms with Gasteiger partial charge in [0.05, 0.1) is 17.4 Å². The summed E-state index contributed by atoms with van der Waals surface area (Å²) < 4.78 is 1.91. The van der Waals surface area contributed by atoms with Gasteiger partial charge < -0.3 is 9.88 Å². The van der Waals surface area contributed by atoms with Crippen LogP contribution in [0.25, 0.3) is 16.6 Å². The number of nitrogens with one attached hydrogen (secondary N) is 1. The van der Waals surface area contributed by atoms with E-state index < -0.39 is 0 Å². The highest BCUT2D eigenvalue weighted by Crippen LogP contribution is 2.36. The van der Waals surface area contributed by atoms with E-state index in [9.17, 15) is 4.79 Å². The second-order valence-corrected chi connectivity index (χ2v) is 9.44. The third-order valence-corrected chi connectivity index (χ3v) is 7.30. The molecule has 2 aliphatic rings. The Morgan fingerprint density at radius 2 is 1.88 bits per heavy atom. The zero-order valence-electron chi connectivity index (χ0n) is 18.6. The molecule has 1 amide bonds.